The molecule has 1 aromatic carbocycles. The third-order valence-corrected chi connectivity index (χ3v) is 7.46. The first-order valence-electron chi connectivity index (χ1n) is 13.4. The molecule has 0 spiro atoms. The number of benzene rings is 1. The second-order valence-corrected chi connectivity index (χ2v) is 10.3. The molecule has 3 heterocycles. The predicted molar refractivity (Wildman–Crippen MR) is 147 cm³/mol. The fourth-order valence-electron chi connectivity index (χ4n) is 4.96. The summed E-state index contributed by atoms with van der Waals surface area (Å²) in [4.78, 5) is 23.6. The van der Waals surface area contributed by atoms with Gasteiger partial charge >= 0.3 is 0 Å². The number of piperidine rings is 1. The number of nitrogens with one attached hydrogen (secondary N) is 1. The number of rotatable bonds is 9. The van der Waals surface area contributed by atoms with Gasteiger partial charge in [0.1, 0.15) is 34.5 Å². The van der Waals surface area contributed by atoms with Crippen LogP contribution in [0, 0.1) is 23.5 Å². The standard InChI is InChI=1S/C29H33F2N5O4/c1-3-17-13-36(14-21(32)28(17)37)24-8-9-33-12-23(24)35-29(38)22-7-6-19(30)27(34-22)26-20(31)10-18(11-25(26)39-2)40-15-16-4-5-16/h6-12,16-17,21,28,37H,3-5,13-15,32H2,1-2H3,(H,35,38). The smallest absolute Gasteiger partial charge is 0.274 e. The molecule has 2 aromatic heterocycles. The number of halogens is 2. The average molecular weight is 554 g/mol. The van der Waals surface area contributed by atoms with Crippen molar-refractivity contribution < 1.29 is 28.2 Å². The molecule has 9 nitrogen and oxygen atoms in total. The number of nitrogens with zero attached hydrogens (tertiary/aromatic N) is 3. The maximum absolute atomic E-state index is 15.3. The van der Waals surface area contributed by atoms with Crippen molar-refractivity contribution in [1.29, 1.82) is 0 Å². The first kappa shape index (κ1) is 27.7. The Bertz CT molecular complexity index is 1390. The van der Waals surface area contributed by atoms with Gasteiger partial charge in [0, 0.05) is 43.4 Å². The third kappa shape index (κ3) is 5.85. The van der Waals surface area contributed by atoms with Crippen LogP contribution >= 0.6 is 0 Å². The van der Waals surface area contributed by atoms with Crippen molar-refractivity contribution in [3.8, 4) is 22.8 Å². The minimum atomic E-state index is -0.811. The van der Waals surface area contributed by atoms with Crippen molar-refractivity contribution in [3.63, 3.8) is 0 Å². The Morgan fingerprint density at radius 1 is 1.20 bits per heavy atom. The lowest BCUT2D eigenvalue weighted by molar-refractivity contribution is 0.0682. The molecule has 2 aliphatic rings. The zero-order valence-corrected chi connectivity index (χ0v) is 22.4. The van der Waals surface area contributed by atoms with E-state index in [1.165, 1.54) is 31.5 Å². The van der Waals surface area contributed by atoms with Crippen LogP contribution in [0.25, 0.3) is 11.3 Å². The zero-order valence-electron chi connectivity index (χ0n) is 22.4. The van der Waals surface area contributed by atoms with Crippen molar-refractivity contribution in [2.75, 3.05) is 37.0 Å². The Kier molecular flexibility index (Phi) is 8.13. The summed E-state index contributed by atoms with van der Waals surface area (Å²) in [6.45, 7) is 3.41. The van der Waals surface area contributed by atoms with Crippen molar-refractivity contribution in [2.45, 2.75) is 38.3 Å². The largest absolute Gasteiger partial charge is 0.496 e. The molecule has 3 unspecified atom stereocenters. The maximum atomic E-state index is 15.3. The topological polar surface area (TPSA) is 123 Å². The van der Waals surface area contributed by atoms with Gasteiger partial charge in [-0.1, -0.05) is 6.92 Å². The Morgan fingerprint density at radius 3 is 2.73 bits per heavy atom. The molecule has 4 N–H and O–H groups in total. The van der Waals surface area contributed by atoms with Gasteiger partial charge in [0.15, 0.2) is 0 Å². The van der Waals surface area contributed by atoms with Gasteiger partial charge in [0.2, 0.25) is 0 Å². The molecule has 3 aromatic rings. The zero-order chi connectivity index (χ0) is 28.4. The van der Waals surface area contributed by atoms with E-state index < -0.39 is 29.7 Å². The molecule has 1 amide bonds. The first-order chi connectivity index (χ1) is 19.3. The summed E-state index contributed by atoms with van der Waals surface area (Å²) in [6, 6.07) is 6.24. The summed E-state index contributed by atoms with van der Waals surface area (Å²) >= 11 is 0. The molecule has 5 rings (SSSR count). The highest BCUT2D eigenvalue weighted by Crippen LogP contribution is 2.38. The summed E-state index contributed by atoms with van der Waals surface area (Å²) < 4.78 is 41.2. The van der Waals surface area contributed by atoms with Gasteiger partial charge in [-0.25, -0.2) is 13.8 Å². The molecule has 0 radical (unpaired) electrons. The number of aliphatic hydroxyl groups is 1. The molecule has 1 saturated heterocycles. The second-order valence-electron chi connectivity index (χ2n) is 10.3. The Morgan fingerprint density at radius 2 is 2.00 bits per heavy atom. The molecule has 1 aliphatic carbocycles. The van der Waals surface area contributed by atoms with Crippen LogP contribution in [0.2, 0.25) is 0 Å². The number of amides is 1. The predicted octanol–water partition coefficient (Wildman–Crippen LogP) is 4.01. The van der Waals surface area contributed by atoms with Crippen LogP contribution in [0.4, 0.5) is 20.2 Å². The van der Waals surface area contributed by atoms with Gasteiger partial charge < -0.3 is 30.5 Å². The SMILES string of the molecule is CCC1CN(c2ccncc2NC(=O)c2ccc(F)c(-c3c(F)cc(OCC4CC4)cc3OC)n2)CC(N)C1O. The minimum absolute atomic E-state index is 0.0304. The molecule has 3 atom stereocenters. The van der Waals surface area contributed by atoms with E-state index in [4.69, 9.17) is 15.2 Å². The van der Waals surface area contributed by atoms with Gasteiger partial charge in [-0.3, -0.25) is 9.78 Å². The second kappa shape index (κ2) is 11.7. The normalized spacial score (nSPS) is 20.8. The average Bonchev–Trinajstić information content (AvgIpc) is 3.78. The number of anilines is 2. The molecule has 2 fully saturated rings. The van der Waals surface area contributed by atoms with Crippen LogP contribution in [0.1, 0.15) is 36.7 Å². The highest BCUT2D eigenvalue weighted by atomic mass is 19.1. The van der Waals surface area contributed by atoms with E-state index in [1.807, 2.05) is 11.8 Å². The van der Waals surface area contributed by atoms with E-state index in [0.29, 0.717) is 37.0 Å². The Hall–Kier alpha value is -3.83. The minimum Gasteiger partial charge on any atom is -0.496 e. The van der Waals surface area contributed by atoms with E-state index in [0.717, 1.165) is 25.3 Å². The van der Waals surface area contributed by atoms with Gasteiger partial charge in [0.25, 0.3) is 5.91 Å². The van der Waals surface area contributed by atoms with E-state index in [2.05, 4.69) is 15.3 Å². The number of aromatic nitrogens is 2. The highest BCUT2D eigenvalue weighted by molar-refractivity contribution is 6.05. The van der Waals surface area contributed by atoms with Crippen LogP contribution in [-0.2, 0) is 0 Å². The van der Waals surface area contributed by atoms with Crippen LogP contribution < -0.4 is 25.4 Å². The van der Waals surface area contributed by atoms with Crippen LogP contribution in [-0.4, -0.2) is 59.9 Å². The van der Waals surface area contributed by atoms with E-state index >= 15 is 4.39 Å². The maximum Gasteiger partial charge on any atom is 0.274 e. The molecule has 1 aliphatic heterocycles. The summed E-state index contributed by atoms with van der Waals surface area (Å²) in [5.41, 5.74) is 6.58. The lowest BCUT2D eigenvalue weighted by atomic mass is 9.89. The van der Waals surface area contributed by atoms with Gasteiger partial charge in [0.05, 0.1) is 43.0 Å². The molecule has 1 saturated carbocycles. The molecule has 11 heteroatoms. The fourth-order valence-corrected chi connectivity index (χ4v) is 4.96. The van der Waals surface area contributed by atoms with E-state index in [9.17, 15) is 14.3 Å². The lowest BCUT2D eigenvalue weighted by Crippen LogP contribution is -2.56. The summed E-state index contributed by atoms with van der Waals surface area (Å²) in [6.07, 6.45) is 5.39. The number of hydrogen-bond acceptors (Lipinski definition) is 8. The van der Waals surface area contributed by atoms with Crippen LogP contribution in [0.5, 0.6) is 11.5 Å². The number of pyridine rings is 2. The molecule has 40 heavy (non-hydrogen) atoms. The molecular formula is C29H33F2N5O4. The van der Waals surface area contributed by atoms with E-state index in [1.54, 1.807) is 12.3 Å². The number of ether oxygens (including phenoxy) is 2. The lowest BCUT2D eigenvalue weighted by Gasteiger charge is -2.41. The van der Waals surface area contributed by atoms with Crippen LogP contribution in [0.3, 0.4) is 0 Å². The summed E-state index contributed by atoms with van der Waals surface area (Å²) in [5, 5.41) is 13.2. The van der Waals surface area contributed by atoms with Gasteiger partial charge in [-0.2, -0.15) is 0 Å². The van der Waals surface area contributed by atoms with Crippen LogP contribution in [0.15, 0.2) is 42.7 Å². The van der Waals surface area contributed by atoms with Crippen molar-refractivity contribution >= 4 is 17.3 Å². The first-order valence-corrected chi connectivity index (χ1v) is 13.4. The summed E-state index contributed by atoms with van der Waals surface area (Å²) in [5.74, 6) is -1.47. The summed E-state index contributed by atoms with van der Waals surface area (Å²) in [7, 11) is 1.34. The molecular weight excluding hydrogens is 520 g/mol. The number of carbonyl (C=O) groups excluding carboxylic acids is 1. The van der Waals surface area contributed by atoms with E-state index in [-0.39, 0.29) is 34.4 Å². The Labute approximate surface area is 231 Å². The highest BCUT2D eigenvalue weighted by Gasteiger charge is 2.33. The fraction of sp³-hybridized carbons (Fsp3) is 0.414. The number of aliphatic hydroxyl groups excluding tert-OH is 1. The van der Waals surface area contributed by atoms with Gasteiger partial charge in [-0.15, -0.1) is 0 Å². The molecule has 212 valence electrons. The number of carbonyl (C=O) groups is 1. The number of hydrogen-bond donors (Lipinski definition) is 3. The third-order valence-electron chi connectivity index (χ3n) is 7.46. The van der Waals surface area contributed by atoms with Crippen molar-refractivity contribution in [3.05, 3.63) is 60.1 Å². The quantitative estimate of drug-likeness (QED) is 0.363. The molecule has 0 bridgehead atoms. The number of nitrogens with two attached hydrogens (primary N) is 1. The Balaban J connectivity index is 1.40. The van der Waals surface area contributed by atoms with Crippen molar-refractivity contribution in [2.24, 2.45) is 17.6 Å². The van der Waals surface area contributed by atoms with Crippen molar-refractivity contribution in [1.82, 2.24) is 9.97 Å². The van der Waals surface area contributed by atoms with Gasteiger partial charge in [-0.05, 0) is 43.4 Å². The monoisotopic (exact) mass is 553 g/mol. The number of methoxy groups -OCH3 is 1.